The number of rotatable bonds is 1. The third kappa shape index (κ3) is 2.40. The number of hydrogen-bond acceptors (Lipinski definition) is 3. The van der Waals surface area contributed by atoms with E-state index in [-0.39, 0.29) is 11.5 Å². The number of aryl methyl sites for hydroxylation is 1. The minimum absolute atomic E-state index is 0.0586. The van der Waals surface area contributed by atoms with E-state index in [1.165, 1.54) is 5.56 Å². The highest BCUT2D eigenvalue weighted by Gasteiger charge is 2.25. The predicted octanol–water partition coefficient (Wildman–Crippen LogP) is 4.43. The Morgan fingerprint density at radius 1 is 1.15 bits per heavy atom. The first kappa shape index (κ1) is 13.1. The summed E-state index contributed by atoms with van der Waals surface area (Å²) < 4.78 is 11.7. The van der Waals surface area contributed by atoms with Gasteiger partial charge in [-0.1, -0.05) is 26.8 Å². The Labute approximate surface area is 119 Å². The molecular formula is C17H21NO2. The molecule has 1 aromatic heterocycles. The molecule has 0 saturated carbocycles. The van der Waals surface area contributed by atoms with E-state index in [2.05, 4.69) is 38.2 Å². The molecule has 1 aromatic carbocycles. The molecule has 0 amide bonds. The Balaban J connectivity index is 1.86. The maximum absolute atomic E-state index is 6.04. The number of ether oxygens (including phenoxy) is 1. The fourth-order valence-corrected chi connectivity index (χ4v) is 2.42. The fraction of sp³-hybridized carbons (Fsp3) is 0.412. The van der Waals surface area contributed by atoms with Gasteiger partial charge >= 0.3 is 0 Å². The van der Waals surface area contributed by atoms with Crippen molar-refractivity contribution in [3.63, 3.8) is 0 Å². The second-order valence-corrected chi connectivity index (χ2v) is 6.40. The Kier molecular flexibility index (Phi) is 3.00. The van der Waals surface area contributed by atoms with Gasteiger partial charge in [0, 0.05) is 0 Å². The lowest BCUT2D eigenvalue weighted by Crippen LogP contribution is -2.24. The molecule has 0 radical (unpaired) electrons. The molecule has 1 N–H and O–H groups in total. The molecule has 2 aromatic rings. The van der Waals surface area contributed by atoms with E-state index in [9.17, 15) is 0 Å². The first-order chi connectivity index (χ1) is 9.43. The fourth-order valence-electron chi connectivity index (χ4n) is 2.42. The summed E-state index contributed by atoms with van der Waals surface area (Å²) in [5.41, 5.74) is 2.52. The number of nitrogens with one attached hydrogen (secondary N) is 1. The first-order valence-corrected chi connectivity index (χ1v) is 7.05. The van der Waals surface area contributed by atoms with Crippen molar-refractivity contribution in [3.05, 3.63) is 47.4 Å². The topological polar surface area (TPSA) is 34.4 Å². The van der Waals surface area contributed by atoms with Crippen molar-refractivity contribution in [2.24, 2.45) is 0 Å². The highest BCUT2D eigenvalue weighted by molar-refractivity contribution is 5.60. The Hall–Kier alpha value is -1.90. The molecule has 3 heteroatoms. The molecule has 1 unspecified atom stereocenters. The first-order valence-electron chi connectivity index (χ1n) is 7.05. The molecular weight excluding hydrogens is 250 g/mol. The zero-order valence-corrected chi connectivity index (χ0v) is 12.5. The van der Waals surface area contributed by atoms with Crippen LogP contribution < -0.4 is 10.1 Å². The Morgan fingerprint density at radius 2 is 1.95 bits per heavy atom. The summed E-state index contributed by atoms with van der Waals surface area (Å²) in [5, 5.41) is 3.45. The minimum Gasteiger partial charge on any atom is -0.478 e. The van der Waals surface area contributed by atoms with Gasteiger partial charge in [0.25, 0.3) is 0 Å². The van der Waals surface area contributed by atoms with Gasteiger partial charge in [-0.15, -0.1) is 0 Å². The van der Waals surface area contributed by atoms with Crippen LogP contribution in [-0.4, -0.2) is 6.54 Å². The van der Waals surface area contributed by atoms with Crippen LogP contribution in [0.4, 0.5) is 5.69 Å². The summed E-state index contributed by atoms with van der Waals surface area (Å²) in [4.78, 5) is 0. The summed E-state index contributed by atoms with van der Waals surface area (Å²) in [6.07, 6.45) is -0.0586. The van der Waals surface area contributed by atoms with Gasteiger partial charge < -0.3 is 14.5 Å². The highest BCUT2D eigenvalue weighted by Crippen LogP contribution is 2.37. The molecule has 0 saturated heterocycles. The molecule has 1 aliphatic heterocycles. The monoisotopic (exact) mass is 271 g/mol. The van der Waals surface area contributed by atoms with Crippen LogP contribution in [0.5, 0.6) is 5.75 Å². The number of furan rings is 1. The van der Waals surface area contributed by atoms with Crippen molar-refractivity contribution < 1.29 is 9.15 Å². The SMILES string of the molecule is Cc1ccc(C2CNc3cc(C(C)(C)C)ccc3O2)o1. The highest BCUT2D eigenvalue weighted by atomic mass is 16.5. The number of fused-ring (bicyclic) bond motifs is 1. The molecule has 2 heterocycles. The summed E-state index contributed by atoms with van der Waals surface area (Å²) in [6.45, 7) is 9.32. The van der Waals surface area contributed by atoms with E-state index in [0.29, 0.717) is 0 Å². The van der Waals surface area contributed by atoms with Gasteiger partial charge in [0.15, 0.2) is 6.10 Å². The van der Waals surface area contributed by atoms with Crippen LogP contribution >= 0.6 is 0 Å². The molecule has 3 rings (SSSR count). The lowest BCUT2D eigenvalue weighted by Gasteiger charge is -2.28. The lowest BCUT2D eigenvalue weighted by atomic mass is 9.86. The molecule has 1 aliphatic rings. The third-order valence-electron chi connectivity index (χ3n) is 3.67. The van der Waals surface area contributed by atoms with E-state index in [1.54, 1.807) is 0 Å². The maximum atomic E-state index is 6.04. The van der Waals surface area contributed by atoms with Crippen molar-refractivity contribution in [1.82, 2.24) is 0 Å². The average molecular weight is 271 g/mol. The normalized spacial score (nSPS) is 18.1. The van der Waals surface area contributed by atoms with Crippen LogP contribution in [0.15, 0.2) is 34.7 Å². The molecule has 0 aliphatic carbocycles. The van der Waals surface area contributed by atoms with Gasteiger partial charge in [0.05, 0.1) is 12.2 Å². The summed E-state index contributed by atoms with van der Waals surface area (Å²) >= 11 is 0. The molecule has 3 nitrogen and oxygen atoms in total. The van der Waals surface area contributed by atoms with Crippen LogP contribution in [0.25, 0.3) is 0 Å². The molecule has 106 valence electrons. The van der Waals surface area contributed by atoms with Gasteiger partial charge in [-0.25, -0.2) is 0 Å². The summed E-state index contributed by atoms with van der Waals surface area (Å²) in [6, 6.07) is 10.3. The van der Waals surface area contributed by atoms with Crippen molar-refractivity contribution in [2.45, 2.75) is 39.2 Å². The van der Waals surface area contributed by atoms with Crippen LogP contribution in [0.2, 0.25) is 0 Å². The Morgan fingerprint density at radius 3 is 2.60 bits per heavy atom. The van der Waals surface area contributed by atoms with Crippen LogP contribution in [0, 0.1) is 6.92 Å². The minimum atomic E-state index is -0.0586. The average Bonchev–Trinajstić information content (AvgIpc) is 2.83. The molecule has 0 spiro atoms. The summed E-state index contributed by atoms with van der Waals surface area (Å²) in [7, 11) is 0. The van der Waals surface area contributed by atoms with Gasteiger partial charge in [0.1, 0.15) is 17.3 Å². The van der Waals surface area contributed by atoms with Crippen LogP contribution in [0.3, 0.4) is 0 Å². The quantitative estimate of drug-likeness (QED) is 0.833. The predicted molar refractivity (Wildman–Crippen MR) is 80.4 cm³/mol. The number of benzene rings is 1. The zero-order chi connectivity index (χ0) is 14.3. The van der Waals surface area contributed by atoms with Crippen molar-refractivity contribution in [2.75, 3.05) is 11.9 Å². The van der Waals surface area contributed by atoms with E-state index in [1.807, 2.05) is 25.1 Å². The van der Waals surface area contributed by atoms with Crippen LogP contribution in [-0.2, 0) is 5.41 Å². The standard InChI is InChI=1S/C17H21NO2/c1-11-5-7-15(19-11)16-10-18-13-9-12(17(2,3)4)6-8-14(13)20-16/h5-9,16,18H,10H2,1-4H3. The molecule has 1 atom stereocenters. The molecule has 0 bridgehead atoms. The number of anilines is 1. The lowest BCUT2D eigenvalue weighted by molar-refractivity contribution is 0.179. The van der Waals surface area contributed by atoms with Gasteiger partial charge in [0.2, 0.25) is 0 Å². The van der Waals surface area contributed by atoms with Gasteiger partial charge in [-0.3, -0.25) is 0 Å². The molecule has 20 heavy (non-hydrogen) atoms. The van der Waals surface area contributed by atoms with Gasteiger partial charge in [-0.05, 0) is 42.2 Å². The van der Waals surface area contributed by atoms with E-state index in [4.69, 9.17) is 9.15 Å². The van der Waals surface area contributed by atoms with E-state index < -0.39 is 0 Å². The maximum Gasteiger partial charge on any atom is 0.173 e. The van der Waals surface area contributed by atoms with E-state index in [0.717, 1.165) is 29.5 Å². The largest absolute Gasteiger partial charge is 0.478 e. The van der Waals surface area contributed by atoms with Crippen molar-refractivity contribution in [1.29, 1.82) is 0 Å². The van der Waals surface area contributed by atoms with Crippen molar-refractivity contribution >= 4 is 5.69 Å². The van der Waals surface area contributed by atoms with Gasteiger partial charge in [-0.2, -0.15) is 0 Å². The second-order valence-electron chi connectivity index (χ2n) is 6.40. The Bertz CT molecular complexity index is 622. The number of hydrogen-bond donors (Lipinski definition) is 1. The van der Waals surface area contributed by atoms with Crippen molar-refractivity contribution in [3.8, 4) is 5.75 Å². The third-order valence-corrected chi connectivity index (χ3v) is 3.67. The zero-order valence-electron chi connectivity index (χ0n) is 12.5. The van der Waals surface area contributed by atoms with E-state index >= 15 is 0 Å². The summed E-state index contributed by atoms with van der Waals surface area (Å²) in [5.74, 6) is 2.68. The van der Waals surface area contributed by atoms with Crippen LogP contribution in [0.1, 0.15) is 44.0 Å². The second kappa shape index (κ2) is 4.58. The molecule has 0 fully saturated rings. The smallest absolute Gasteiger partial charge is 0.173 e.